The number of aryl methyl sites for hydroxylation is 1. The van der Waals surface area contributed by atoms with Crippen molar-refractivity contribution in [3.63, 3.8) is 0 Å². The van der Waals surface area contributed by atoms with Crippen molar-refractivity contribution in [1.82, 2.24) is 9.97 Å². The van der Waals surface area contributed by atoms with E-state index in [1.54, 1.807) is 0 Å². The van der Waals surface area contributed by atoms with Crippen LogP contribution in [0, 0.1) is 6.92 Å². The molecule has 0 bridgehead atoms. The zero-order valence-corrected chi connectivity index (χ0v) is 15.7. The van der Waals surface area contributed by atoms with Gasteiger partial charge in [0.05, 0.1) is 5.75 Å². The van der Waals surface area contributed by atoms with Gasteiger partial charge in [-0.1, -0.05) is 43.8 Å². The molecule has 0 spiro atoms. The summed E-state index contributed by atoms with van der Waals surface area (Å²) in [5.74, 6) is 1.58. The lowest BCUT2D eigenvalue weighted by Crippen LogP contribution is -2.15. The Morgan fingerprint density at radius 3 is 2.75 bits per heavy atom. The van der Waals surface area contributed by atoms with Crippen molar-refractivity contribution < 1.29 is 4.79 Å². The number of anilines is 1. The van der Waals surface area contributed by atoms with Crippen LogP contribution in [-0.2, 0) is 4.79 Å². The van der Waals surface area contributed by atoms with Gasteiger partial charge in [-0.3, -0.25) is 4.79 Å². The van der Waals surface area contributed by atoms with Gasteiger partial charge in [0.1, 0.15) is 15.9 Å². The molecule has 2 atom stereocenters. The number of hydrogen-bond acceptors (Lipinski definition) is 5. The Morgan fingerprint density at radius 1 is 1.29 bits per heavy atom. The van der Waals surface area contributed by atoms with E-state index in [4.69, 9.17) is 0 Å². The van der Waals surface area contributed by atoms with E-state index >= 15 is 0 Å². The van der Waals surface area contributed by atoms with Crippen LogP contribution in [0.15, 0.2) is 40.4 Å². The van der Waals surface area contributed by atoms with Gasteiger partial charge in [-0.25, -0.2) is 9.97 Å². The molecule has 2 heterocycles. The highest BCUT2D eigenvalue weighted by Crippen LogP contribution is 2.48. The fraction of sp³-hybridized carbons (Fsp3) is 0.389. The molecule has 6 heteroatoms. The summed E-state index contributed by atoms with van der Waals surface area (Å²) in [6.07, 6.45) is 1.07. The molecule has 4 nitrogen and oxygen atoms in total. The van der Waals surface area contributed by atoms with Crippen molar-refractivity contribution in [2.75, 3.05) is 11.1 Å². The van der Waals surface area contributed by atoms with Crippen molar-refractivity contribution >= 4 is 35.1 Å². The predicted molar refractivity (Wildman–Crippen MR) is 101 cm³/mol. The molecule has 2 aromatic rings. The van der Waals surface area contributed by atoms with Crippen LogP contribution in [0.3, 0.4) is 0 Å². The van der Waals surface area contributed by atoms with E-state index in [2.05, 4.69) is 29.1 Å². The number of hydrogen-bond donors (Lipinski definition) is 1. The van der Waals surface area contributed by atoms with Crippen LogP contribution in [0.25, 0.3) is 0 Å². The van der Waals surface area contributed by atoms with Gasteiger partial charge in [0.25, 0.3) is 0 Å². The average Bonchev–Trinajstić information content (AvgIpc) is 2.88. The number of nitrogens with zero attached hydrogens (tertiary/aromatic N) is 2. The summed E-state index contributed by atoms with van der Waals surface area (Å²) < 4.78 is 0. The quantitative estimate of drug-likeness (QED) is 0.629. The lowest BCUT2D eigenvalue weighted by molar-refractivity contribution is -0.113. The first-order valence-corrected chi connectivity index (χ1v) is 9.98. The minimum absolute atomic E-state index is 0.0111. The fourth-order valence-corrected chi connectivity index (χ4v) is 5.34. The molecule has 0 aliphatic carbocycles. The molecule has 0 radical (unpaired) electrons. The van der Waals surface area contributed by atoms with E-state index in [1.807, 2.05) is 49.0 Å². The third-order valence-corrected chi connectivity index (χ3v) is 6.29. The smallest absolute Gasteiger partial charge is 0.234 e. The zero-order valence-electron chi connectivity index (χ0n) is 14.1. The highest BCUT2D eigenvalue weighted by Gasteiger charge is 2.33. The maximum absolute atomic E-state index is 12.2. The number of para-hydroxylation sites is 1. The standard InChI is InChI=1S/C18H21N3OS2/c1-4-14-11(2)24-18-16(14)17(19-12(3)20-18)23-10-15(22)21-13-8-6-5-7-9-13/h5-9,11,14H,4,10H2,1-3H3,(H,21,22)/t11-,14-/m0/s1. The number of fused-ring (bicyclic) bond motifs is 1. The normalized spacial score (nSPS) is 19.1. The van der Waals surface area contributed by atoms with Crippen LogP contribution in [-0.4, -0.2) is 26.9 Å². The number of rotatable bonds is 5. The topological polar surface area (TPSA) is 54.9 Å². The summed E-state index contributed by atoms with van der Waals surface area (Å²) >= 11 is 3.34. The monoisotopic (exact) mass is 359 g/mol. The Bertz CT molecular complexity index is 737. The summed E-state index contributed by atoms with van der Waals surface area (Å²) in [6, 6.07) is 9.53. The molecule has 0 fully saturated rings. The number of nitrogens with one attached hydrogen (secondary N) is 1. The highest BCUT2D eigenvalue weighted by atomic mass is 32.2. The Hall–Kier alpha value is -1.53. The number of carbonyl (C=O) groups is 1. The molecule has 1 aromatic heterocycles. The summed E-state index contributed by atoms with van der Waals surface area (Å²) in [7, 11) is 0. The van der Waals surface area contributed by atoms with E-state index in [0.717, 1.165) is 28.0 Å². The van der Waals surface area contributed by atoms with Gasteiger partial charge in [-0.2, -0.15) is 0 Å². The number of carbonyl (C=O) groups excluding carboxylic acids is 1. The minimum Gasteiger partial charge on any atom is -0.325 e. The largest absolute Gasteiger partial charge is 0.325 e. The van der Waals surface area contributed by atoms with E-state index in [0.29, 0.717) is 16.9 Å². The summed E-state index contributed by atoms with van der Waals surface area (Å²) in [5.41, 5.74) is 2.06. The number of amides is 1. The molecule has 0 unspecified atom stereocenters. The first kappa shape index (κ1) is 17.3. The molecule has 1 N–H and O–H groups in total. The van der Waals surface area contributed by atoms with Crippen molar-refractivity contribution in [1.29, 1.82) is 0 Å². The maximum Gasteiger partial charge on any atom is 0.234 e. The molecule has 3 rings (SSSR count). The van der Waals surface area contributed by atoms with Crippen molar-refractivity contribution in [3.8, 4) is 0 Å². The first-order valence-electron chi connectivity index (χ1n) is 8.11. The zero-order chi connectivity index (χ0) is 17.1. The van der Waals surface area contributed by atoms with Crippen molar-refractivity contribution in [2.45, 2.75) is 48.4 Å². The van der Waals surface area contributed by atoms with Gasteiger partial charge < -0.3 is 5.32 Å². The van der Waals surface area contributed by atoms with Crippen LogP contribution < -0.4 is 5.32 Å². The Kier molecular flexibility index (Phi) is 5.46. The van der Waals surface area contributed by atoms with Gasteiger partial charge in [-0.15, -0.1) is 11.8 Å². The molecule has 24 heavy (non-hydrogen) atoms. The van der Waals surface area contributed by atoms with Crippen LogP contribution in [0.2, 0.25) is 0 Å². The van der Waals surface area contributed by atoms with Gasteiger partial charge in [0, 0.05) is 22.4 Å². The van der Waals surface area contributed by atoms with E-state index in [-0.39, 0.29) is 5.91 Å². The van der Waals surface area contributed by atoms with Crippen LogP contribution >= 0.6 is 23.5 Å². The number of thioether (sulfide) groups is 2. The molecule has 0 saturated carbocycles. The molecular weight excluding hydrogens is 338 g/mol. The third kappa shape index (κ3) is 3.75. The molecular formula is C18H21N3OS2. The second-order valence-electron chi connectivity index (χ2n) is 5.84. The highest BCUT2D eigenvalue weighted by molar-refractivity contribution is 8.01. The SMILES string of the molecule is CC[C@@H]1c2c(SCC(=O)Nc3ccccc3)nc(C)nc2S[C@H]1C. The Labute approximate surface area is 151 Å². The van der Waals surface area contributed by atoms with Crippen LogP contribution in [0.1, 0.15) is 37.6 Å². The maximum atomic E-state index is 12.2. The van der Waals surface area contributed by atoms with Crippen molar-refractivity contribution in [3.05, 3.63) is 41.7 Å². The number of aromatic nitrogens is 2. The molecule has 1 aliphatic heterocycles. The fourth-order valence-electron chi connectivity index (χ4n) is 2.93. The average molecular weight is 360 g/mol. The van der Waals surface area contributed by atoms with Gasteiger partial charge in [-0.05, 0) is 25.5 Å². The van der Waals surface area contributed by atoms with Gasteiger partial charge in [0.15, 0.2) is 0 Å². The van der Waals surface area contributed by atoms with Crippen molar-refractivity contribution in [2.24, 2.45) is 0 Å². The van der Waals surface area contributed by atoms with Crippen LogP contribution in [0.4, 0.5) is 5.69 Å². The summed E-state index contributed by atoms with van der Waals surface area (Å²) in [5, 5.41) is 5.49. The molecule has 1 aromatic carbocycles. The molecule has 126 valence electrons. The van der Waals surface area contributed by atoms with Crippen LogP contribution in [0.5, 0.6) is 0 Å². The van der Waals surface area contributed by atoms with Gasteiger partial charge >= 0.3 is 0 Å². The van der Waals surface area contributed by atoms with E-state index in [1.165, 1.54) is 17.3 Å². The lowest BCUT2D eigenvalue weighted by Gasteiger charge is -2.15. The lowest BCUT2D eigenvalue weighted by atomic mass is 9.96. The molecule has 1 amide bonds. The van der Waals surface area contributed by atoms with E-state index < -0.39 is 0 Å². The summed E-state index contributed by atoms with van der Waals surface area (Å²) in [6.45, 7) is 6.36. The second-order valence-corrected chi connectivity index (χ2v) is 8.17. The Balaban J connectivity index is 1.73. The predicted octanol–water partition coefficient (Wildman–Crippen LogP) is 4.50. The molecule has 1 aliphatic rings. The van der Waals surface area contributed by atoms with Gasteiger partial charge in [0.2, 0.25) is 5.91 Å². The summed E-state index contributed by atoms with van der Waals surface area (Å²) in [4.78, 5) is 21.4. The third-order valence-electron chi connectivity index (χ3n) is 4.06. The van der Waals surface area contributed by atoms with E-state index in [9.17, 15) is 4.79 Å². The second kappa shape index (κ2) is 7.57. The Morgan fingerprint density at radius 2 is 2.04 bits per heavy atom. The number of benzene rings is 1. The molecule has 0 saturated heterocycles. The first-order chi connectivity index (χ1) is 11.6. The minimum atomic E-state index is -0.0111.